The first-order chi connectivity index (χ1) is 12.1. The second-order valence-corrected chi connectivity index (χ2v) is 7.16. The van der Waals surface area contributed by atoms with Gasteiger partial charge in [-0.1, -0.05) is 0 Å². The average Bonchev–Trinajstić information content (AvgIpc) is 3.34. The van der Waals surface area contributed by atoms with E-state index in [9.17, 15) is 4.79 Å². The second kappa shape index (κ2) is 6.67. The second-order valence-electron chi connectivity index (χ2n) is 7.16. The summed E-state index contributed by atoms with van der Waals surface area (Å²) in [6.07, 6.45) is 6.51. The molecule has 2 aromatic rings. The predicted molar refractivity (Wildman–Crippen MR) is 93.0 cm³/mol. The fourth-order valence-electron chi connectivity index (χ4n) is 4.27. The molecule has 4 heterocycles. The highest BCUT2D eigenvalue weighted by Gasteiger charge is 2.38. The van der Waals surface area contributed by atoms with Crippen molar-refractivity contribution >= 4 is 5.91 Å². The summed E-state index contributed by atoms with van der Waals surface area (Å²) in [5.41, 5.74) is 0.710. The number of hydrogen-bond donors (Lipinski definition) is 0. The highest BCUT2D eigenvalue weighted by molar-refractivity contribution is 5.79. The zero-order chi connectivity index (χ0) is 17.4. The van der Waals surface area contributed by atoms with E-state index in [0.717, 1.165) is 25.9 Å². The zero-order valence-electron chi connectivity index (χ0n) is 14.9. The van der Waals surface area contributed by atoms with Gasteiger partial charge in [0.15, 0.2) is 5.76 Å². The van der Waals surface area contributed by atoms with Crippen LogP contribution in [0.2, 0.25) is 0 Å². The van der Waals surface area contributed by atoms with Gasteiger partial charge >= 0.3 is 0 Å². The zero-order valence-corrected chi connectivity index (χ0v) is 14.9. The van der Waals surface area contributed by atoms with Gasteiger partial charge in [0.25, 0.3) is 5.89 Å². The van der Waals surface area contributed by atoms with Gasteiger partial charge in [0.05, 0.1) is 18.4 Å². The standard InChI is InChI=1S/C19H25N3O3/c1-13-14(20-19(25-13)17-8-5-11-24-17)12-18(23)22-10-4-7-16(22)15-6-3-9-21(15)2/h5,8,11,15-16H,3-4,6-7,9-10,12H2,1-2H3. The summed E-state index contributed by atoms with van der Waals surface area (Å²) in [6, 6.07) is 4.45. The SMILES string of the molecule is Cc1oc(-c2ccco2)nc1CC(=O)N1CCCC1C1CCCN1C. The molecule has 25 heavy (non-hydrogen) atoms. The number of amides is 1. The summed E-state index contributed by atoms with van der Waals surface area (Å²) >= 11 is 0. The fraction of sp³-hybridized carbons (Fsp3) is 0.579. The first kappa shape index (κ1) is 16.4. The van der Waals surface area contributed by atoms with Crippen molar-refractivity contribution in [2.24, 2.45) is 0 Å². The normalized spacial score (nSPS) is 24.3. The van der Waals surface area contributed by atoms with Gasteiger partial charge in [0.2, 0.25) is 5.91 Å². The van der Waals surface area contributed by atoms with Crippen molar-refractivity contribution < 1.29 is 13.6 Å². The predicted octanol–water partition coefficient (Wildman–Crippen LogP) is 2.87. The minimum Gasteiger partial charge on any atom is -0.459 e. The van der Waals surface area contributed by atoms with Crippen molar-refractivity contribution in [2.45, 2.75) is 51.1 Å². The van der Waals surface area contributed by atoms with Gasteiger partial charge in [-0.25, -0.2) is 4.98 Å². The number of furan rings is 1. The maximum Gasteiger partial charge on any atom is 0.263 e. The Morgan fingerprint density at radius 1 is 1.28 bits per heavy atom. The molecule has 2 unspecified atom stereocenters. The summed E-state index contributed by atoms with van der Waals surface area (Å²) in [7, 11) is 2.18. The Morgan fingerprint density at radius 3 is 2.80 bits per heavy atom. The lowest BCUT2D eigenvalue weighted by Gasteiger charge is -2.33. The van der Waals surface area contributed by atoms with Gasteiger partial charge in [0, 0.05) is 18.6 Å². The molecule has 2 aromatic heterocycles. The molecular weight excluding hydrogens is 318 g/mol. The van der Waals surface area contributed by atoms with Gasteiger partial charge < -0.3 is 18.6 Å². The van der Waals surface area contributed by atoms with Crippen LogP contribution < -0.4 is 0 Å². The van der Waals surface area contributed by atoms with Crippen molar-refractivity contribution in [3.63, 3.8) is 0 Å². The number of likely N-dealkylation sites (tertiary alicyclic amines) is 2. The monoisotopic (exact) mass is 343 g/mol. The van der Waals surface area contributed by atoms with E-state index in [4.69, 9.17) is 8.83 Å². The minimum atomic E-state index is 0.158. The third-order valence-electron chi connectivity index (χ3n) is 5.58. The molecule has 4 rings (SSSR count). The van der Waals surface area contributed by atoms with Crippen LogP contribution in [0.25, 0.3) is 11.7 Å². The largest absolute Gasteiger partial charge is 0.459 e. The van der Waals surface area contributed by atoms with E-state index < -0.39 is 0 Å². The molecule has 0 bridgehead atoms. The van der Waals surface area contributed by atoms with E-state index in [0.29, 0.717) is 41.6 Å². The molecule has 0 aliphatic carbocycles. The first-order valence-corrected chi connectivity index (χ1v) is 9.13. The molecule has 1 amide bonds. The molecule has 6 heteroatoms. The van der Waals surface area contributed by atoms with Gasteiger partial charge in [-0.15, -0.1) is 0 Å². The van der Waals surface area contributed by atoms with Crippen LogP contribution in [0.4, 0.5) is 0 Å². The summed E-state index contributed by atoms with van der Waals surface area (Å²) in [6.45, 7) is 3.85. The summed E-state index contributed by atoms with van der Waals surface area (Å²) in [4.78, 5) is 21.9. The summed E-state index contributed by atoms with van der Waals surface area (Å²) < 4.78 is 11.0. The molecule has 2 saturated heterocycles. The van der Waals surface area contributed by atoms with Crippen LogP contribution in [0.5, 0.6) is 0 Å². The lowest BCUT2D eigenvalue weighted by atomic mass is 10.0. The Hall–Kier alpha value is -2.08. The van der Waals surface area contributed by atoms with E-state index in [-0.39, 0.29) is 5.91 Å². The van der Waals surface area contributed by atoms with E-state index in [1.807, 2.05) is 13.0 Å². The quantitative estimate of drug-likeness (QED) is 0.854. The fourth-order valence-corrected chi connectivity index (χ4v) is 4.27. The Labute approximate surface area is 147 Å². The number of carbonyl (C=O) groups excluding carboxylic acids is 1. The topological polar surface area (TPSA) is 62.7 Å². The number of rotatable bonds is 4. The van der Waals surface area contributed by atoms with Crippen molar-refractivity contribution in [1.29, 1.82) is 0 Å². The molecule has 134 valence electrons. The highest BCUT2D eigenvalue weighted by atomic mass is 16.4. The van der Waals surface area contributed by atoms with E-state index in [1.54, 1.807) is 12.3 Å². The molecule has 6 nitrogen and oxygen atoms in total. The van der Waals surface area contributed by atoms with Gasteiger partial charge in [-0.2, -0.15) is 0 Å². The van der Waals surface area contributed by atoms with Crippen molar-refractivity contribution in [1.82, 2.24) is 14.8 Å². The summed E-state index contributed by atoms with van der Waals surface area (Å²) in [5.74, 6) is 1.88. The number of carbonyl (C=O) groups is 1. The van der Waals surface area contributed by atoms with Crippen LogP contribution in [-0.2, 0) is 11.2 Å². The molecule has 0 aromatic carbocycles. The minimum absolute atomic E-state index is 0.158. The first-order valence-electron chi connectivity index (χ1n) is 9.13. The highest BCUT2D eigenvalue weighted by Crippen LogP contribution is 2.30. The molecule has 0 saturated carbocycles. The smallest absolute Gasteiger partial charge is 0.263 e. The van der Waals surface area contributed by atoms with E-state index in [1.165, 1.54) is 12.8 Å². The average molecular weight is 343 g/mol. The van der Waals surface area contributed by atoms with Crippen molar-refractivity contribution in [3.8, 4) is 11.7 Å². The molecule has 2 atom stereocenters. The van der Waals surface area contributed by atoms with Crippen LogP contribution in [0.1, 0.15) is 37.1 Å². The molecule has 0 N–H and O–H groups in total. The molecule has 0 spiro atoms. The Morgan fingerprint density at radius 2 is 2.08 bits per heavy atom. The number of nitrogens with zero attached hydrogens (tertiary/aromatic N) is 3. The molecule has 2 aliphatic heterocycles. The van der Waals surface area contributed by atoms with Crippen LogP contribution in [0, 0.1) is 6.92 Å². The van der Waals surface area contributed by atoms with Crippen LogP contribution in [-0.4, -0.2) is 52.9 Å². The van der Waals surface area contributed by atoms with Crippen molar-refractivity contribution in [2.75, 3.05) is 20.1 Å². The molecule has 0 radical (unpaired) electrons. The van der Waals surface area contributed by atoms with E-state index in [2.05, 4.69) is 21.8 Å². The van der Waals surface area contributed by atoms with E-state index >= 15 is 0 Å². The third-order valence-corrected chi connectivity index (χ3v) is 5.58. The molecule has 2 aliphatic rings. The molecular formula is C19H25N3O3. The van der Waals surface area contributed by atoms with Crippen LogP contribution in [0.15, 0.2) is 27.2 Å². The Balaban J connectivity index is 1.48. The van der Waals surface area contributed by atoms with Gasteiger partial charge in [-0.3, -0.25) is 4.79 Å². The number of aromatic nitrogens is 1. The van der Waals surface area contributed by atoms with Crippen LogP contribution in [0.3, 0.4) is 0 Å². The van der Waals surface area contributed by atoms with Gasteiger partial charge in [0.1, 0.15) is 5.76 Å². The van der Waals surface area contributed by atoms with Crippen LogP contribution >= 0.6 is 0 Å². The Bertz CT molecular complexity index is 737. The maximum absolute atomic E-state index is 12.9. The molecule has 2 fully saturated rings. The Kier molecular flexibility index (Phi) is 4.37. The lowest BCUT2D eigenvalue weighted by molar-refractivity contribution is -0.132. The third kappa shape index (κ3) is 3.11. The lowest BCUT2D eigenvalue weighted by Crippen LogP contribution is -2.47. The number of oxazole rings is 1. The number of likely N-dealkylation sites (N-methyl/N-ethyl adjacent to an activating group) is 1. The summed E-state index contributed by atoms with van der Waals surface area (Å²) in [5, 5.41) is 0. The van der Waals surface area contributed by atoms with Crippen molar-refractivity contribution in [3.05, 3.63) is 29.9 Å². The maximum atomic E-state index is 12.9. The number of hydrogen-bond acceptors (Lipinski definition) is 5. The van der Waals surface area contributed by atoms with Gasteiger partial charge in [-0.05, 0) is 58.3 Å². The number of aryl methyl sites for hydroxylation is 1.